The highest BCUT2D eigenvalue weighted by Gasteiger charge is 2.33. The first-order valence-electron chi connectivity index (χ1n) is 8.18. The lowest BCUT2D eigenvalue weighted by Crippen LogP contribution is -2.42. The fourth-order valence-corrected chi connectivity index (χ4v) is 4.74. The molecule has 1 heterocycles. The molecule has 1 atom stereocenters. The Labute approximate surface area is 143 Å². The molecular formula is C17H24N2O4S. The Morgan fingerprint density at radius 3 is 2.58 bits per heavy atom. The van der Waals surface area contributed by atoms with Crippen LogP contribution in [0.3, 0.4) is 0 Å². The molecule has 1 saturated heterocycles. The molecule has 0 saturated carbocycles. The molecule has 7 heteroatoms. The smallest absolute Gasteiger partial charge is 0.251 e. The average Bonchev–Trinajstić information content (AvgIpc) is 2.88. The molecule has 2 rings (SSSR count). The van der Waals surface area contributed by atoms with Gasteiger partial charge < -0.3 is 10.2 Å². The van der Waals surface area contributed by atoms with Crippen LogP contribution in [-0.2, 0) is 14.6 Å². The summed E-state index contributed by atoms with van der Waals surface area (Å²) < 4.78 is 23.2. The number of hydrogen-bond acceptors (Lipinski definition) is 4. The molecule has 1 N–H and O–H groups in total. The first-order valence-corrected chi connectivity index (χ1v) is 10.00. The number of hydrogen-bond donors (Lipinski definition) is 1. The lowest BCUT2D eigenvalue weighted by Gasteiger charge is -2.27. The van der Waals surface area contributed by atoms with Gasteiger partial charge in [-0.3, -0.25) is 9.59 Å². The van der Waals surface area contributed by atoms with Gasteiger partial charge in [-0.15, -0.1) is 0 Å². The summed E-state index contributed by atoms with van der Waals surface area (Å²) in [5, 5.41) is 2.75. The Balaban J connectivity index is 1.86. The van der Waals surface area contributed by atoms with E-state index < -0.39 is 9.84 Å². The Hall–Kier alpha value is -1.89. The Kier molecular flexibility index (Phi) is 5.99. The lowest BCUT2D eigenvalue weighted by molar-refractivity contribution is -0.132. The highest BCUT2D eigenvalue weighted by atomic mass is 32.2. The van der Waals surface area contributed by atoms with Crippen LogP contribution in [0.5, 0.6) is 0 Å². The number of carbonyl (C=O) groups is 2. The predicted octanol–water partition coefficient (Wildman–Crippen LogP) is 1.15. The van der Waals surface area contributed by atoms with Crippen LogP contribution in [0, 0.1) is 6.92 Å². The van der Waals surface area contributed by atoms with E-state index in [1.807, 2.05) is 26.0 Å². The van der Waals surface area contributed by atoms with Crippen LogP contribution in [0.4, 0.5) is 0 Å². The molecule has 2 amide bonds. The van der Waals surface area contributed by atoms with Crippen LogP contribution < -0.4 is 5.32 Å². The van der Waals surface area contributed by atoms with E-state index in [4.69, 9.17) is 0 Å². The molecule has 1 aromatic carbocycles. The monoisotopic (exact) mass is 352 g/mol. The molecule has 0 aliphatic carbocycles. The van der Waals surface area contributed by atoms with Crippen molar-refractivity contribution < 1.29 is 18.0 Å². The van der Waals surface area contributed by atoms with Crippen molar-refractivity contribution in [2.24, 2.45) is 0 Å². The summed E-state index contributed by atoms with van der Waals surface area (Å²) in [4.78, 5) is 26.1. The Bertz CT molecular complexity index is 715. The molecule has 24 heavy (non-hydrogen) atoms. The summed E-state index contributed by atoms with van der Waals surface area (Å²) in [6.07, 6.45) is 0.666. The number of carbonyl (C=O) groups excluding carboxylic acids is 2. The Morgan fingerprint density at radius 1 is 1.29 bits per heavy atom. The average molecular weight is 352 g/mol. The highest BCUT2D eigenvalue weighted by molar-refractivity contribution is 7.91. The van der Waals surface area contributed by atoms with E-state index in [1.54, 1.807) is 17.0 Å². The number of sulfone groups is 1. The summed E-state index contributed by atoms with van der Waals surface area (Å²) in [7, 11) is -3.02. The van der Waals surface area contributed by atoms with Crippen LogP contribution >= 0.6 is 0 Å². The van der Waals surface area contributed by atoms with Gasteiger partial charge in [-0.05, 0) is 31.9 Å². The zero-order valence-corrected chi connectivity index (χ0v) is 14.9. The van der Waals surface area contributed by atoms with Gasteiger partial charge in [-0.25, -0.2) is 8.42 Å². The van der Waals surface area contributed by atoms with E-state index in [-0.39, 0.29) is 42.3 Å². The maximum Gasteiger partial charge on any atom is 0.251 e. The number of aryl methyl sites for hydroxylation is 1. The van der Waals surface area contributed by atoms with Crippen molar-refractivity contribution in [1.82, 2.24) is 10.2 Å². The van der Waals surface area contributed by atoms with Gasteiger partial charge in [0.05, 0.1) is 11.5 Å². The maximum absolute atomic E-state index is 12.3. The summed E-state index contributed by atoms with van der Waals surface area (Å²) in [6, 6.07) is 7.03. The van der Waals surface area contributed by atoms with Crippen molar-refractivity contribution in [2.45, 2.75) is 32.7 Å². The topological polar surface area (TPSA) is 83.6 Å². The van der Waals surface area contributed by atoms with Gasteiger partial charge in [0.25, 0.3) is 5.91 Å². The normalized spacial score (nSPS) is 19.0. The number of nitrogens with one attached hydrogen (secondary N) is 1. The summed E-state index contributed by atoms with van der Waals surface area (Å²) >= 11 is 0. The number of rotatable bonds is 6. The molecule has 0 bridgehead atoms. The third-order valence-corrected chi connectivity index (χ3v) is 6.07. The van der Waals surface area contributed by atoms with Gasteiger partial charge in [0.2, 0.25) is 5.91 Å². The van der Waals surface area contributed by atoms with Gasteiger partial charge >= 0.3 is 0 Å². The minimum atomic E-state index is -3.02. The van der Waals surface area contributed by atoms with Crippen molar-refractivity contribution in [2.75, 3.05) is 24.6 Å². The SMILES string of the molecule is CCN(C(=O)CCNC(=O)c1ccccc1C)C1CCS(=O)(=O)C1. The van der Waals surface area contributed by atoms with E-state index in [2.05, 4.69) is 5.32 Å². The lowest BCUT2D eigenvalue weighted by atomic mass is 10.1. The van der Waals surface area contributed by atoms with E-state index in [1.165, 1.54) is 0 Å². The summed E-state index contributed by atoms with van der Waals surface area (Å²) in [5.41, 5.74) is 1.48. The van der Waals surface area contributed by atoms with Gasteiger partial charge in [-0.2, -0.15) is 0 Å². The maximum atomic E-state index is 12.3. The van der Waals surface area contributed by atoms with Crippen LogP contribution in [-0.4, -0.2) is 55.8 Å². The molecule has 1 unspecified atom stereocenters. The van der Waals surface area contributed by atoms with Crippen LogP contribution in [0.15, 0.2) is 24.3 Å². The summed E-state index contributed by atoms with van der Waals surface area (Å²) in [6.45, 7) is 4.42. The van der Waals surface area contributed by atoms with Gasteiger partial charge in [0.15, 0.2) is 9.84 Å². The van der Waals surface area contributed by atoms with E-state index in [0.29, 0.717) is 18.5 Å². The highest BCUT2D eigenvalue weighted by Crippen LogP contribution is 2.18. The number of benzene rings is 1. The van der Waals surface area contributed by atoms with E-state index in [0.717, 1.165) is 5.56 Å². The standard InChI is InChI=1S/C17H24N2O4S/c1-3-19(14-9-11-24(22,23)12-14)16(20)8-10-18-17(21)15-7-5-4-6-13(15)2/h4-7,14H,3,8-12H2,1-2H3,(H,18,21). The van der Waals surface area contributed by atoms with Crippen molar-refractivity contribution in [1.29, 1.82) is 0 Å². The minimum absolute atomic E-state index is 0.0438. The first kappa shape index (κ1) is 18.4. The van der Waals surface area contributed by atoms with Crippen LogP contribution in [0.25, 0.3) is 0 Å². The molecule has 0 aromatic heterocycles. The first-order chi connectivity index (χ1) is 11.3. The van der Waals surface area contributed by atoms with Crippen LogP contribution in [0.2, 0.25) is 0 Å². The number of nitrogens with zero attached hydrogens (tertiary/aromatic N) is 1. The number of amides is 2. The summed E-state index contributed by atoms with van der Waals surface area (Å²) in [5.74, 6) is -0.134. The van der Waals surface area contributed by atoms with Gasteiger partial charge in [0, 0.05) is 31.1 Å². The molecule has 1 aliphatic heterocycles. The van der Waals surface area contributed by atoms with Crippen molar-refractivity contribution in [3.63, 3.8) is 0 Å². The molecule has 1 fully saturated rings. The van der Waals surface area contributed by atoms with E-state index >= 15 is 0 Å². The zero-order valence-electron chi connectivity index (χ0n) is 14.1. The fourth-order valence-electron chi connectivity index (χ4n) is 3.01. The van der Waals surface area contributed by atoms with Crippen molar-refractivity contribution >= 4 is 21.7 Å². The predicted molar refractivity (Wildman–Crippen MR) is 92.6 cm³/mol. The largest absolute Gasteiger partial charge is 0.352 e. The Morgan fingerprint density at radius 2 is 2.00 bits per heavy atom. The van der Waals surface area contributed by atoms with Gasteiger partial charge in [-0.1, -0.05) is 18.2 Å². The van der Waals surface area contributed by atoms with E-state index in [9.17, 15) is 18.0 Å². The minimum Gasteiger partial charge on any atom is -0.352 e. The quantitative estimate of drug-likeness (QED) is 0.832. The fraction of sp³-hybridized carbons (Fsp3) is 0.529. The third-order valence-electron chi connectivity index (χ3n) is 4.32. The second-order valence-electron chi connectivity index (χ2n) is 6.06. The molecule has 0 spiro atoms. The second kappa shape index (κ2) is 7.79. The third kappa shape index (κ3) is 4.56. The molecule has 1 aliphatic rings. The second-order valence-corrected chi connectivity index (χ2v) is 8.29. The molecule has 0 radical (unpaired) electrons. The molecule has 6 nitrogen and oxygen atoms in total. The van der Waals surface area contributed by atoms with Gasteiger partial charge in [0.1, 0.15) is 0 Å². The van der Waals surface area contributed by atoms with Crippen molar-refractivity contribution in [3.05, 3.63) is 35.4 Å². The zero-order chi connectivity index (χ0) is 17.7. The molecular weight excluding hydrogens is 328 g/mol. The molecule has 1 aromatic rings. The molecule has 132 valence electrons. The van der Waals surface area contributed by atoms with Crippen LogP contribution in [0.1, 0.15) is 35.7 Å². The van der Waals surface area contributed by atoms with Crippen molar-refractivity contribution in [3.8, 4) is 0 Å².